The second-order valence-corrected chi connectivity index (χ2v) is 14.2. The summed E-state index contributed by atoms with van der Waals surface area (Å²) in [6.07, 6.45) is 41.1. The van der Waals surface area contributed by atoms with Crippen LogP contribution in [0.2, 0.25) is 0 Å². The first-order valence-electron chi connectivity index (χ1n) is 19.3. The van der Waals surface area contributed by atoms with Crippen molar-refractivity contribution in [3.05, 3.63) is 48.6 Å². The molecule has 48 heavy (non-hydrogen) atoms. The first kappa shape index (κ1) is 46.5. The van der Waals surface area contributed by atoms with Gasteiger partial charge in [0.05, 0.1) is 25.4 Å². The third-order valence-electron chi connectivity index (χ3n) is 8.20. The normalized spacial score (nSPS) is 14.9. The number of allylic oxidation sites excluding steroid dienone is 8. The smallest absolute Gasteiger partial charge is 0.391 e. The quantitative estimate of drug-likeness (QED) is 0.0295. The van der Waals surface area contributed by atoms with Crippen molar-refractivity contribution in [3.8, 4) is 0 Å². The number of carbonyl (C=O) groups excluding carboxylic acids is 1. The minimum absolute atomic E-state index is 0.0841. The Labute approximate surface area is 294 Å². The van der Waals surface area contributed by atoms with Gasteiger partial charge in [-0.2, -0.15) is 0 Å². The van der Waals surface area contributed by atoms with E-state index in [1.54, 1.807) is 0 Å². The summed E-state index contributed by atoms with van der Waals surface area (Å²) in [5, 5.41) is 13.7. The van der Waals surface area contributed by atoms with E-state index in [9.17, 15) is 19.4 Å². The van der Waals surface area contributed by atoms with Crippen molar-refractivity contribution in [1.29, 1.82) is 0 Å². The zero-order valence-electron chi connectivity index (χ0n) is 30.7. The van der Waals surface area contributed by atoms with Gasteiger partial charge in [0.2, 0.25) is 5.91 Å². The van der Waals surface area contributed by atoms with Gasteiger partial charge in [-0.05, 0) is 51.4 Å². The lowest BCUT2D eigenvalue weighted by Crippen LogP contribution is -2.46. The van der Waals surface area contributed by atoms with Gasteiger partial charge in [0.1, 0.15) is 0 Å². The van der Waals surface area contributed by atoms with Gasteiger partial charge in [-0.15, -0.1) is 0 Å². The lowest BCUT2D eigenvalue weighted by Gasteiger charge is -2.25. The minimum Gasteiger partial charge on any atom is -0.391 e. The minimum atomic E-state index is -4.31. The number of phosphoric ester groups is 1. The van der Waals surface area contributed by atoms with Crippen molar-refractivity contribution >= 4 is 13.7 Å². The molecule has 0 saturated carbocycles. The van der Waals surface area contributed by atoms with Gasteiger partial charge in [-0.1, -0.05) is 152 Å². The summed E-state index contributed by atoms with van der Waals surface area (Å²) < 4.78 is 22.1. The summed E-state index contributed by atoms with van der Waals surface area (Å²) in [5.41, 5.74) is 5.36. The number of hydrogen-bond donors (Lipinski definition) is 4. The summed E-state index contributed by atoms with van der Waals surface area (Å²) >= 11 is 0. The molecule has 0 aliphatic carbocycles. The van der Waals surface area contributed by atoms with Crippen LogP contribution in [-0.4, -0.2) is 47.8 Å². The predicted octanol–water partition coefficient (Wildman–Crippen LogP) is 10.2. The average Bonchev–Trinajstić information content (AvgIpc) is 3.07. The first-order valence-corrected chi connectivity index (χ1v) is 20.7. The number of hydrogen-bond acceptors (Lipinski definition) is 6. The Morgan fingerprint density at radius 3 is 1.77 bits per heavy atom. The number of nitrogens with two attached hydrogens (primary N) is 1. The van der Waals surface area contributed by atoms with E-state index >= 15 is 0 Å². The van der Waals surface area contributed by atoms with Gasteiger partial charge in [0.25, 0.3) is 0 Å². The molecular weight excluding hydrogens is 623 g/mol. The second kappa shape index (κ2) is 35.3. The molecule has 0 aliphatic rings. The topological polar surface area (TPSA) is 131 Å². The van der Waals surface area contributed by atoms with Crippen molar-refractivity contribution in [2.75, 3.05) is 19.8 Å². The Bertz CT molecular complexity index is 892. The molecule has 8 nitrogen and oxygen atoms in total. The van der Waals surface area contributed by atoms with Crippen LogP contribution in [0, 0.1) is 0 Å². The van der Waals surface area contributed by atoms with E-state index < -0.39 is 20.0 Å². The number of rotatable bonds is 35. The molecule has 0 aliphatic heterocycles. The molecule has 0 saturated heterocycles. The van der Waals surface area contributed by atoms with Crippen LogP contribution in [0.5, 0.6) is 0 Å². The second-order valence-electron chi connectivity index (χ2n) is 12.8. The fraction of sp³-hybridized carbons (Fsp3) is 0.769. The predicted molar refractivity (Wildman–Crippen MR) is 203 cm³/mol. The molecule has 1 amide bonds. The molecule has 280 valence electrons. The van der Waals surface area contributed by atoms with Crippen LogP contribution in [0.4, 0.5) is 0 Å². The number of phosphoric acid groups is 1. The molecule has 0 heterocycles. The number of aliphatic hydroxyl groups is 1. The molecule has 3 atom stereocenters. The van der Waals surface area contributed by atoms with E-state index in [0.29, 0.717) is 12.8 Å². The monoisotopic (exact) mass is 697 g/mol. The molecule has 0 aromatic rings. The highest BCUT2D eigenvalue weighted by atomic mass is 31.2. The highest BCUT2D eigenvalue weighted by Crippen LogP contribution is 2.43. The molecular formula is C39H73N2O6P. The lowest BCUT2D eigenvalue weighted by atomic mass is 10.0. The molecule has 5 N–H and O–H groups in total. The summed E-state index contributed by atoms with van der Waals surface area (Å²) in [4.78, 5) is 22.6. The van der Waals surface area contributed by atoms with Gasteiger partial charge in [0, 0.05) is 13.0 Å². The van der Waals surface area contributed by atoms with Crippen LogP contribution >= 0.6 is 7.82 Å². The van der Waals surface area contributed by atoms with Gasteiger partial charge in [-0.25, -0.2) is 4.57 Å². The Morgan fingerprint density at radius 2 is 1.21 bits per heavy atom. The molecule has 3 unspecified atom stereocenters. The van der Waals surface area contributed by atoms with Crippen LogP contribution in [0.25, 0.3) is 0 Å². The first-order chi connectivity index (χ1) is 23.4. The zero-order chi connectivity index (χ0) is 35.4. The van der Waals surface area contributed by atoms with Crippen molar-refractivity contribution in [2.45, 2.75) is 174 Å². The van der Waals surface area contributed by atoms with Gasteiger partial charge in [0.15, 0.2) is 0 Å². The van der Waals surface area contributed by atoms with Crippen LogP contribution in [0.15, 0.2) is 48.6 Å². The maximum Gasteiger partial charge on any atom is 0.472 e. The van der Waals surface area contributed by atoms with E-state index in [1.165, 1.54) is 57.8 Å². The number of aliphatic hydroxyl groups excluding tert-OH is 1. The van der Waals surface area contributed by atoms with E-state index in [1.807, 2.05) is 0 Å². The lowest BCUT2D eigenvalue weighted by molar-refractivity contribution is -0.123. The highest BCUT2D eigenvalue weighted by molar-refractivity contribution is 7.47. The van der Waals surface area contributed by atoms with E-state index in [-0.39, 0.29) is 25.7 Å². The summed E-state index contributed by atoms with van der Waals surface area (Å²) in [5.74, 6) is -0.180. The number of amides is 1. The maximum atomic E-state index is 12.7. The fourth-order valence-electron chi connectivity index (χ4n) is 5.30. The molecule has 0 radical (unpaired) electrons. The van der Waals surface area contributed by atoms with Crippen molar-refractivity contribution in [3.63, 3.8) is 0 Å². The van der Waals surface area contributed by atoms with Gasteiger partial charge >= 0.3 is 7.82 Å². The van der Waals surface area contributed by atoms with Crippen LogP contribution in [0.3, 0.4) is 0 Å². The molecule has 0 rings (SSSR count). The number of carbonyl (C=O) groups is 1. The molecule has 0 aromatic carbocycles. The van der Waals surface area contributed by atoms with Crippen molar-refractivity contribution in [2.24, 2.45) is 5.73 Å². The summed E-state index contributed by atoms with van der Waals surface area (Å²) in [7, 11) is -4.31. The molecule has 0 aromatic heterocycles. The third-order valence-corrected chi connectivity index (χ3v) is 9.18. The van der Waals surface area contributed by atoms with Crippen LogP contribution < -0.4 is 11.1 Å². The van der Waals surface area contributed by atoms with Crippen molar-refractivity contribution in [1.82, 2.24) is 5.32 Å². The fourth-order valence-corrected chi connectivity index (χ4v) is 6.06. The number of nitrogens with one attached hydrogen (secondary N) is 1. The molecule has 0 spiro atoms. The largest absolute Gasteiger partial charge is 0.472 e. The SMILES string of the molecule is CC/C=C\C/C=C\C/C=C\C/C=C\CCCCCCCCC(=O)NC(COP(=O)(O)OCCN)C(O)CCCCCCCCCCCC. The number of unbranched alkanes of at least 4 members (excludes halogenated alkanes) is 15. The van der Waals surface area contributed by atoms with Gasteiger partial charge < -0.3 is 21.1 Å². The Kier molecular flexibility index (Phi) is 34.2. The van der Waals surface area contributed by atoms with Crippen molar-refractivity contribution < 1.29 is 28.4 Å². The summed E-state index contributed by atoms with van der Waals surface area (Å²) in [6.45, 7) is 4.04. The summed E-state index contributed by atoms with van der Waals surface area (Å²) in [6, 6.07) is -0.781. The Balaban J connectivity index is 4.22. The van der Waals surface area contributed by atoms with E-state index in [0.717, 1.165) is 77.0 Å². The standard InChI is InChI=1S/C39H73N2O6P/c1-3-5-7-9-11-13-15-16-17-18-19-20-21-22-23-25-27-29-31-33-39(43)41-37(36-47-48(44,45)46-35-34-40)38(42)32-30-28-26-24-14-12-10-8-6-4-2/h5,7,11,13,16-17,19-20,37-38,42H,3-4,6,8-10,12,14-15,18,21-36,40H2,1-2H3,(H,41,43)(H,44,45)/b7-5-,13-11-,17-16-,20-19-. The maximum absolute atomic E-state index is 12.7. The molecule has 0 bridgehead atoms. The molecule has 0 fully saturated rings. The highest BCUT2D eigenvalue weighted by Gasteiger charge is 2.27. The van der Waals surface area contributed by atoms with E-state index in [4.69, 9.17) is 14.8 Å². The average molecular weight is 697 g/mol. The third kappa shape index (κ3) is 33.0. The molecule has 9 heteroatoms. The van der Waals surface area contributed by atoms with Gasteiger partial charge in [-0.3, -0.25) is 13.8 Å². The zero-order valence-corrected chi connectivity index (χ0v) is 31.6. The van der Waals surface area contributed by atoms with Crippen LogP contribution in [-0.2, 0) is 18.4 Å². The van der Waals surface area contributed by atoms with Crippen LogP contribution in [0.1, 0.15) is 162 Å². The Morgan fingerprint density at radius 1 is 0.708 bits per heavy atom. The van der Waals surface area contributed by atoms with E-state index in [2.05, 4.69) is 67.8 Å². The Hall–Kier alpha value is -1.54.